The molecule has 1 rings (SSSR count). The fourth-order valence-corrected chi connectivity index (χ4v) is 3.51. The smallest absolute Gasteiger partial charge is 0.282 e. The zero-order chi connectivity index (χ0) is 12.3. The van der Waals surface area contributed by atoms with Gasteiger partial charge in [0, 0.05) is 19.6 Å². The third-order valence-electron chi connectivity index (χ3n) is 3.04. The summed E-state index contributed by atoms with van der Waals surface area (Å²) in [5.41, 5.74) is 0. The van der Waals surface area contributed by atoms with Crippen LogP contribution >= 0.6 is 0 Å². The molecule has 1 saturated heterocycles. The summed E-state index contributed by atoms with van der Waals surface area (Å²) in [6.45, 7) is 4.08. The van der Waals surface area contributed by atoms with E-state index in [1.807, 2.05) is 13.8 Å². The maximum atomic E-state index is 12.2. The van der Waals surface area contributed by atoms with E-state index >= 15 is 0 Å². The van der Waals surface area contributed by atoms with Gasteiger partial charge in [-0.25, -0.2) is 0 Å². The van der Waals surface area contributed by atoms with E-state index in [0.29, 0.717) is 13.0 Å². The lowest BCUT2D eigenvalue weighted by Crippen LogP contribution is -2.51. The molecular weight excluding hydrogens is 228 g/mol. The molecule has 0 radical (unpaired) electrons. The summed E-state index contributed by atoms with van der Waals surface area (Å²) in [6.07, 6.45) is 3.12. The first-order chi connectivity index (χ1) is 7.41. The van der Waals surface area contributed by atoms with E-state index in [9.17, 15) is 13.2 Å². The highest BCUT2D eigenvalue weighted by molar-refractivity contribution is 7.86. The molecule has 0 amide bonds. The zero-order valence-electron chi connectivity index (χ0n) is 10.1. The van der Waals surface area contributed by atoms with Crippen molar-refractivity contribution < 1.29 is 13.2 Å². The fraction of sp³-hybridized carbons (Fsp3) is 0.900. The average molecular weight is 248 g/mol. The number of rotatable bonds is 4. The molecule has 0 aromatic heterocycles. The van der Waals surface area contributed by atoms with Gasteiger partial charge in [0.15, 0.2) is 0 Å². The second-order valence-corrected chi connectivity index (χ2v) is 6.37. The zero-order valence-corrected chi connectivity index (χ0v) is 10.9. The maximum absolute atomic E-state index is 12.2. The van der Waals surface area contributed by atoms with Crippen LogP contribution < -0.4 is 0 Å². The lowest BCUT2D eigenvalue weighted by atomic mass is 10.1. The Morgan fingerprint density at radius 2 is 2.00 bits per heavy atom. The summed E-state index contributed by atoms with van der Waals surface area (Å²) in [7, 11) is -1.94. The van der Waals surface area contributed by atoms with Crippen LogP contribution in [0.3, 0.4) is 0 Å². The SMILES string of the molecule is CC(C)N(C)S(=O)(=O)N1CCCCC1C=O. The van der Waals surface area contributed by atoms with E-state index in [2.05, 4.69) is 0 Å². The molecule has 0 N–H and O–H groups in total. The Hall–Kier alpha value is -0.460. The highest BCUT2D eigenvalue weighted by Gasteiger charge is 2.35. The molecule has 94 valence electrons. The monoisotopic (exact) mass is 248 g/mol. The maximum Gasteiger partial charge on any atom is 0.282 e. The van der Waals surface area contributed by atoms with Crippen molar-refractivity contribution >= 4 is 16.5 Å². The Kier molecular flexibility index (Phi) is 4.46. The molecule has 1 aliphatic heterocycles. The second kappa shape index (κ2) is 5.25. The average Bonchev–Trinajstić information content (AvgIpc) is 2.27. The summed E-state index contributed by atoms with van der Waals surface area (Å²) < 4.78 is 27.0. The molecule has 0 bridgehead atoms. The summed E-state index contributed by atoms with van der Waals surface area (Å²) in [6, 6.07) is -0.584. The van der Waals surface area contributed by atoms with Gasteiger partial charge in [0.25, 0.3) is 10.2 Å². The van der Waals surface area contributed by atoms with Crippen molar-refractivity contribution in [3.05, 3.63) is 0 Å². The van der Waals surface area contributed by atoms with Crippen molar-refractivity contribution in [3.8, 4) is 0 Å². The quantitative estimate of drug-likeness (QED) is 0.685. The normalized spacial score (nSPS) is 23.9. The van der Waals surface area contributed by atoms with Crippen LogP contribution in [-0.2, 0) is 15.0 Å². The number of carbonyl (C=O) groups excluding carboxylic acids is 1. The van der Waals surface area contributed by atoms with Crippen LogP contribution in [0.1, 0.15) is 33.1 Å². The Labute approximate surface area is 97.6 Å². The summed E-state index contributed by atoms with van der Waals surface area (Å²) in [5, 5.41) is 0. The molecule has 6 heteroatoms. The summed E-state index contributed by atoms with van der Waals surface area (Å²) >= 11 is 0. The Bertz CT molecular complexity index is 340. The van der Waals surface area contributed by atoms with Crippen LogP contribution in [0.15, 0.2) is 0 Å². The van der Waals surface area contributed by atoms with Gasteiger partial charge >= 0.3 is 0 Å². The number of aldehydes is 1. The largest absolute Gasteiger partial charge is 0.302 e. The second-order valence-electron chi connectivity index (χ2n) is 4.43. The molecule has 0 aromatic carbocycles. The van der Waals surface area contributed by atoms with Gasteiger partial charge in [0.05, 0.1) is 6.04 Å². The van der Waals surface area contributed by atoms with Crippen molar-refractivity contribution in [2.24, 2.45) is 0 Å². The molecule has 0 aromatic rings. The van der Waals surface area contributed by atoms with Gasteiger partial charge in [-0.05, 0) is 26.7 Å². The van der Waals surface area contributed by atoms with Gasteiger partial charge in [0.2, 0.25) is 0 Å². The number of hydrogen-bond acceptors (Lipinski definition) is 3. The van der Waals surface area contributed by atoms with Crippen molar-refractivity contribution in [3.63, 3.8) is 0 Å². The molecule has 1 atom stereocenters. The minimum atomic E-state index is -3.49. The van der Waals surface area contributed by atoms with Gasteiger partial charge in [0.1, 0.15) is 6.29 Å². The Morgan fingerprint density at radius 1 is 1.38 bits per heavy atom. The van der Waals surface area contributed by atoms with E-state index < -0.39 is 16.3 Å². The van der Waals surface area contributed by atoms with Crippen LogP contribution in [-0.4, -0.2) is 49.0 Å². The lowest BCUT2D eigenvalue weighted by molar-refractivity contribution is -0.111. The molecule has 1 unspecified atom stereocenters. The summed E-state index contributed by atoms with van der Waals surface area (Å²) in [4.78, 5) is 10.9. The van der Waals surface area contributed by atoms with Gasteiger partial charge < -0.3 is 4.79 Å². The predicted molar refractivity (Wildman–Crippen MR) is 62.2 cm³/mol. The molecule has 1 heterocycles. The first-order valence-electron chi connectivity index (χ1n) is 5.61. The number of hydrogen-bond donors (Lipinski definition) is 0. The molecular formula is C10H20N2O3S. The molecule has 0 aliphatic carbocycles. The fourth-order valence-electron chi connectivity index (χ4n) is 1.79. The van der Waals surface area contributed by atoms with Gasteiger partial charge in [-0.1, -0.05) is 6.42 Å². The Morgan fingerprint density at radius 3 is 2.50 bits per heavy atom. The molecule has 0 saturated carbocycles. The topological polar surface area (TPSA) is 57.7 Å². The molecule has 1 fully saturated rings. The third-order valence-corrected chi connectivity index (χ3v) is 5.24. The van der Waals surface area contributed by atoms with E-state index in [1.54, 1.807) is 7.05 Å². The number of carbonyl (C=O) groups is 1. The predicted octanol–water partition coefficient (Wildman–Crippen LogP) is 0.625. The molecule has 1 aliphatic rings. The first-order valence-corrected chi connectivity index (χ1v) is 7.01. The highest BCUT2D eigenvalue weighted by Crippen LogP contribution is 2.21. The van der Waals surface area contributed by atoms with Crippen molar-refractivity contribution in [1.29, 1.82) is 0 Å². The van der Waals surface area contributed by atoms with Crippen LogP contribution in [0.5, 0.6) is 0 Å². The van der Waals surface area contributed by atoms with Crippen LogP contribution in [0, 0.1) is 0 Å². The van der Waals surface area contributed by atoms with E-state index in [4.69, 9.17) is 0 Å². The minimum absolute atomic E-state index is 0.0979. The number of piperidine rings is 1. The Balaban J connectivity index is 2.92. The minimum Gasteiger partial charge on any atom is -0.302 e. The van der Waals surface area contributed by atoms with E-state index in [0.717, 1.165) is 19.1 Å². The van der Waals surface area contributed by atoms with Gasteiger partial charge in [-0.2, -0.15) is 17.0 Å². The third kappa shape index (κ3) is 2.61. The molecule has 16 heavy (non-hydrogen) atoms. The van der Waals surface area contributed by atoms with Crippen LogP contribution in [0.4, 0.5) is 0 Å². The summed E-state index contributed by atoms with van der Waals surface area (Å²) in [5.74, 6) is 0. The number of nitrogens with zero attached hydrogens (tertiary/aromatic N) is 2. The van der Waals surface area contributed by atoms with Crippen LogP contribution in [0.2, 0.25) is 0 Å². The molecule has 0 spiro atoms. The highest BCUT2D eigenvalue weighted by atomic mass is 32.2. The van der Waals surface area contributed by atoms with Crippen LogP contribution in [0.25, 0.3) is 0 Å². The van der Waals surface area contributed by atoms with Crippen molar-refractivity contribution in [2.75, 3.05) is 13.6 Å². The first kappa shape index (κ1) is 13.6. The standard InChI is InChI=1S/C10H20N2O3S/c1-9(2)11(3)16(14,15)12-7-5-4-6-10(12)8-13/h8-10H,4-7H2,1-3H3. The van der Waals surface area contributed by atoms with E-state index in [1.165, 1.54) is 8.61 Å². The van der Waals surface area contributed by atoms with Gasteiger partial charge in [-0.3, -0.25) is 0 Å². The molecule has 5 nitrogen and oxygen atoms in total. The van der Waals surface area contributed by atoms with Gasteiger partial charge in [-0.15, -0.1) is 0 Å². The van der Waals surface area contributed by atoms with E-state index in [-0.39, 0.29) is 6.04 Å². The van der Waals surface area contributed by atoms with Crippen molar-refractivity contribution in [2.45, 2.75) is 45.2 Å². The lowest BCUT2D eigenvalue weighted by Gasteiger charge is -2.35. The van der Waals surface area contributed by atoms with Crippen molar-refractivity contribution in [1.82, 2.24) is 8.61 Å².